The van der Waals surface area contributed by atoms with Crippen LogP contribution in [0.1, 0.15) is 29.5 Å². The third-order valence-corrected chi connectivity index (χ3v) is 8.88. The second kappa shape index (κ2) is 12.0. The maximum atomic E-state index is 13.2. The number of aromatic hydroxyl groups is 1. The van der Waals surface area contributed by atoms with E-state index in [2.05, 4.69) is 42.5 Å². The van der Waals surface area contributed by atoms with Crippen LogP contribution in [0, 0.1) is 6.92 Å². The van der Waals surface area contributed by atoms with Crippen LogP contribution < -0.4 is 0 Å². The van der Waals surface area contributed by atoms with E-state index in [1.165, 1.54) is 16.3 Å². The molecule has 0 aromatic heterocycles. The summed E-state index contributed by atoms with van der Waals surface area (Å²) in [5.74, 6) is 0.964. The Morgan fingerprint density at radius 1 is 1.00 bits per heavy atom. The molecule has 38 heavy (non-hydrogen) atoms. The zero-order valence-electron chi connectivity index (χ0n) is 21.8. The largest absolute Gasteiger partial charge is 0.598 e. The number of benzene rings is 3. The molecule has 1 amide bonds. The van der Waals surface area contributed by atoms with Gasteiger partial charge in [0.25, 0.3) is 0 Å². The third kappa shape index (κ3) is 6.04. The van der Waals surface area contributed by atoms with Gasteiger partial charge in [-0.25, -0.2) is 0 Å². The monoisotopic (exact) mass is 526 g/mol. The van der Waals surface area contributed by atoms with Crippen LogP contribution in [-0.2, 0) is 22.6 Å². The summed E-state index contributed by atoms with van der Waals surface area (Å²) in [6.45, 7) is 4.33. The zero-order chi connectivity index (χ0) is 26.5. The van der Waals surface area contributed by atoms with Crippen molar-refractivity contribution in [1.29, 1.82) is 0 Å². The Morgan fingerprint density at radius 3 is 2.61 bits per heavy atom. The van der Waals surface area contributed by atoms with E-state index in [1.54, 1.807) is 6.07 Å². The van der Waals surface area contributed by atoms with E-state index in [-0.39, 0.29) is 5.91 Å². The smallest absolute Gasteiger partial charge is 0.249 e. The second-order valence-corrected chi connectivity index (χ2v) is 11.4. The molecule has 1 aliphatic carbocycles. The predicted molar refractivity (Wildman–Crippen MR) is 156 cm³/mol. The number of phenolic OH excluding ortho intramolecular Hbond substituents is 1. The first kappa shape index (κ1) is 26.3. The predicted octanol–water partition coefficient (Wildman–Crippen LogP) is 5.56. The Morgan fingerprint density at radius 2 is 1.79 bits per heavy atom. The van der Waals surface area contributed by atoms with E-state index < -0.39 is 11.4 Å². The van der Waals surface area contributed by atoms with Crippen LogP contribution in [0.15, 0.2) is 90.5 Å². The number of rotatable bonds is 6. The van der Waals surface area contributed by atoms with Gasteiger partial charge >= 0.3 is 0 Å². The van der Waals surface area contributed by atoms with E-state index in [4.69, 9.17) is 0 Å². The lowest BCUT2D eigenvalue weighted by molar-refractivity contribution is -0.128. The normalized spacial score (nSPS) is 18.8. The molecule has 0 radical (unpaired) electrons. The summed E-state index contributed by atoms with van der Waals surface area (Å²) < 4.78 is 15.1. The maximum absolute atomic E-state index is 13.2. The summed E-state index contributed by atoms with van der Waals surface area (Å²) in [5, 5.41) is 12.2. The average molecular weight is 527 g/mol. The van der Waals surface area contributed by atoms with Crippen molar-refractivity contribution >= 4 is 33.6 Å². The van der Waals surface area contributed by atoms with Gasteiger partial charge in [0.1, 0.15) is 11.5 Å². The summed E-state index contributed by atoms with van der Waals surface area (Å²) in [7, 11) is 0. The van der Waals surface area contributed by atoms with Gasteiger partial charge in [0.2, 0.25) is 5.91 Å². The number of aryl methyl sites for hydroxylation is 2. The maximum Gasteiger partial charge on any atom is 0.249 e. The second-order valence-electron chi connectivity index (χ2n) is 9.87. The molecule has 1 heterocycles. The molecule has 0 saturated carbocycles. The number of hydrogen-bond donors (Lipinski definition) is 1. The van der Waals surface area contributed by atoms with Crippen LogP contribution in [0.4, 0.5) is 0 Å². The number of carbonyl (C=O) groups excluding carboxylic acids is 1. The van der Waals surface area contributed by atoms with Crippen LogP contribution in [0.3, 0.4) is 0 Å². The van der Waals surface area contributed by atoms with Crippen LogP contribution in [0.5, 0.6) is 5.75 Å². The Hall–Kier alpha value is -3.32. The third-order valence-electron chi connectivity index (χ3n) is 7.38. The Kier molecular flexibility index (Phi) is 8.32. The highest BCUT2D eigenvalue weighted by atomic mass is 32.2. The standard InChI is InChI=1S/C32H34N2O3S/c1-24-23-29(15-16-31(24)35)25-8-4-12-28(13-5-9-25)32(36)33-18-20-34(21-19-33)38(37)22-17-27-11-6-10-26-7-2-3-14-30(26)27/h2-4,6-11,13-16,23,35H,5,12,17-22H2,1H3/b8-4?,25-9?,28-13+. The highest BCUT2D eigenvalue weighted by Crippen LogP contribution is 2.26. The molecule has 1 N–H and O–H groups in total. The molecule has 0 spiro atoms. The molecule has 5 nitrogen and oxygen atoms in total. The fourth-order valence-electron chi connectivity index (χ4n) is 5.15. The molecule has 1 unspecified atom stereocenters. The Balaban J connectivity index is 1.14. The molecule has 2 aliphatic rings. The quantitative estimate of drug-likeness (QED) is 0.427. The van der Waals surface area contributed by atoms with Crippen LogP contribution >= 0.6 is 0 Å². The lowest BCUT2D eigenvalue weighted by Crippen LogP contribution is -2.51. The minimum Gasteiger partial charge on any atom is -0.598 e. The van der Waals surface area contributed by atoms with Crippen LogP contribution in [0.25, 0.3) is 16.3 Å². The van der Waals surface area contributed by atoms with Crippen LogP contribution in [-0.4, -0.2) is 56.7 Å². The highest BCUT2D eigenvalue weighted by molar-refractivity contribution is 7.89. The number of carbonyl (C=O) groups is 1. The van der Waals surface area contributed by atoms with E-state index in [0.717, 1.165) is 28.7 Å². The molecule has 1 saturated heterocycles. The molecule has 6 heteroatoms. The van der Waals surface area contributed by atoms with Crippen molar-refractivity contribution in [3.63, 3.8) is 0 Å². The number of allylic oxidation sites excluding steroid dienone is 5. The fourth-order valence-corrected chi connectivity index (χ4v) is 6.37. The zero-order valence-corrected chi connectivity index (χ0v) is 22.6. The van der Waals surface area contributed by atoms with E-state index in [0.29, 0.717) is 50.5 Å². The van der Waals surface area contributed by atoms with Crippen molar-refractivity contribution in [2.45, 2.75) is 26.2 Å². The first-order valence-corrected chi connectivity index (χ1v) is 14.5. The number of nitrogens with zero attached hydrogens (tertiary/aromatic N) is 2. The van der Waals surface area contributed by atoms with Gasteiger partial charge in [-0.2, -0.15) is 0 Å². The highest BCUT2D eigenvalue weighted by Gasteiger charge is 2.29. The molecule has 0 bridgehead atoms. The van der Waals surface area contributed by atoms with Gasteiger partial charge < -0.3 is 14.6 Å². The number of fused-ring (bicyclic) bond motifs is 1. The summed E-state index contributed by atoms with van der Waals surface area (Å²) in [6, 6.07) is 20.2. The summed E-state index contributed by atoms with van der Waals surface area (Å²) in [4.78, 5) is 15.1. The summed E-state index contributed by atoms with van der Waals surface area (Å²) >= 11 is -1.07. The van der Waals surface area contributed by atoms with Gasteiger partial charge in [0.15, 0.2) is 0 Å². The molecule has 3 aromatic carbocycles. The molecule has 1 atom stereocenters. The lowest BCUT2D eigenvalue weighted by Gasteiger charge is -2.35. The number of piperazine rings is 1. The van der Waals surface area contributed by atoms with Crippen molar-refractivity contribution in [3.05, 3.63) is 107 Å². The van der Waals surface area contributed by atoms with Gasteiger partial charge in [-0.3, -0.25) is 4.79 Å². The molecule has 1 fully saturated rings. The van der Waals surface area contributed by atoms with Crippen LogP contribution in [0.2, 0.25) is 0 Å². The van der Waals surface area contributed by atoms with Gasteiger partial charge in [-0.05, 0) is 64.9 Å². The van der Waals surface area contributed by atoms with E-state index in [1.807, 2.05) is 52.5 Å². The van der Waals surface area contributed by atoms with Crippen molar-refractivity contribution in [2.24, 2.45) is 0 Å². The van der Waals surface area contributed by atoms with Gasteiger partial charge in [-0.1, -0.05) is 72.8 Å². The molecule has 3 aromatic rings. The summed E-state index contributed by atoms with van der Waals surface area (Å²) in [6.07, 6.45) is 10.3. The molecule has 1 aliphatic heterocycles. The molecule has 5 rings (SSSR count). The van der Waals surface area contributed by atoms with Gasteiger partial charge in [0.05, 0.1) is 13.1 Å². The minimum atomic E-state index is -1.07. The topological polar surface area (TPSA) is 66.8 Å². The van der Waals surface area contributed by atoms with Gasteiger partial charge in [-0.15, -0.1) is 4.31 Å². The van der Waals surface area contributed by atoms with E-state index >= 15 is 0 Å². The summed E-state index contributed by atoms with van der Waals surface area (Å²) in [5.41, 5.74) is 5.04. The average Bonchev–Trinajstić information content (AvgIpc) is 2.93. The molecule has 196 valence electrons. The van der Waals surface area contributed by atoms with Crippen molar-refractivity contribution < 1.29 is 14.5 Å². The fraction of sp³-hybridized carbons (Fsp3) is 0.281. The number of hydrogen-bond acceptors (Lipinski definition) is 4. The Bertz CT molecular complexity index is 1400. The van der Waals surface area contributed by atoms with E-state index in [9.17, 15) is 14.5 Å². The van der Waals surface area contributed by atoms with Crippen molar-refractivity contribution in [3.8, 4) is 5.75 Å². The molecular formula is C32H34N2O3S. The number of phenols is 1. The number of amides is 1. The van der Waals surface area contributed by atoms with Gasteiger partial charge in [0, 0.05) is 36.4 Å². The van der Waals surface area contributed by atoms with Crippen molar-refractivity contribution in [1.82, 2.24) is 9.21 Å². The Labute approximate surface area is 228 Å². The first-order chi connectivity index (χ1) is 18.5. The minimum absolute atomic E-state index is 0.0770. The SMILES string of the molecule is Cc1cc(C2=CC/C=C(/C(=O)N3CCN([S+]([O-])CCc4cccc5ccccc45)CC3)CC=C2)ccc1O. The lowest BCUT2D eigenvalue weighted by atomic mass is 9.98. The first-order valence-electron chi connectivity index (χ1n) is 13.2. The van der Waals surface area contributed by atoms with Crippen molar-refractivity contribution in [2.75, 3.05) is 31.9 Å². The molecular weight excluding hydrogens is 492 g/mol.